The lowest BCUT2D eigenvalue weighted by atomic mass is 10.4. The highest BCUT2D eigenvalue weighted by Crippen LogP contribution is 2.10. The minimum atomic E-state index is -4.95. The van der Waals surface area contributed by atoms with E-state index in [1.54, 1.807) is 0 Å². The summed E-state index contributed by atoms with van der Waals surface area (Å²) in [4.78, 5) is 6.76. The largest absolute Gasteiger partial charge is 0.478 e. The van der Waals surface area contributed by atoms with E-state index in [1.165, 1.54) is 0 Å². The first-order valence-corrected chi connectivity index (χ1v) is 3.56. The van der Waals surface area contributed by atoms with Crippen LogP contribution in [-0.4, -0.2) is 34.1 Å². The zero-order valence-corrected chi connectivity index (χ0v) is 5.79. The van der Waals surface area contributed by atoms with Crippen molar-refractivity contribution in [2.24, 2.45) is 0 Å². The van der Waals surface area contributed by atoms with Gasteiger partial charge in [-0.25, -0.2) is 4.79 Å². The minimum absolute atomic E-state index is 0.463. The molecule has 0 aliphatic carbocycles. The summed E-state index contributed by atoms with van der Waals surface area (Å²) < 4.78 is 28.1. The summed E-state index contributed by atoms with van der Waals surface area (Å²) in [7, 11) is -4.95. The number of carbonyl (C=O) groups is 1. The summed E-state index contributed by atoms with van der Waals surface area (Å²) >= 11 is 0. The Morgan fingerprint density at radius 2 is 1.80 bits per heavy atom. The van der Waals surface area contributed by atoms with Gasteiger partial charge >= 0.3 is 16.1 Å². The molecule has 0 aromatic carbocycles. The van der Waals surface area contributed by atoms with E-state index in [9.17, 15) is 13.2 Å². The lowest BCUT2D eigenvalue weighted by molar-refractivity contribution is -0.149. The van der Waals surface area contributed by atoms with Crippen molar-refractivity contribution in [2.75, 3.05) is 0 Å². The third-order valence-electron chi connectivity index (χ3n) is 0.899. The van der Waals surface area contributed by atoms with Crippen LogP contribution in [0.2, 0.25) is 0 Å². The summed E-state index contributed by atoms with van der Waals surface area (Å²) in [5, 5.41) is 16.5. The molecule has 6 nitrogen and oxygen atoms in total. The van der Waals surface area contributed by atoms with E-state index in [4.69, 9.17) is 14.8 Å². The van der Waals surface area contributed by atoms with Crippen LogP contribution in [0.15, 0.2) is 0 Å². The van der Waals surface area contributed by atoms with Crippen molar-refractivity contribution in [1.29, 1.82) is 0 Å². The number of carboxylic acids is 1. The second kappa shape index (κ2) is 2.19. The van der Waals surface area contributed by atoms with E-state index >= 15 is 0 Å². The maximum Gasteiger partial charge on any atom is 0.354 e. The summed E-state index contributed by atoms with van der Waals surface area (Å²) in [5.74, 6) is -2.02. The zero-order chi connectivity index (χ0) is 8.58. The van der Waals surface area contributed by atoms with Gasteiger partial charge in [0.05, 0.1) is 0 Å². The molecular formula is C3H6O6S. The summed E-state index contributed by atoms with van der Waals surface area (Å²) in [6.45, 7) is 0.463. The monoisotopic (exact) mass is 170 g/mol. The standard InChI is InChI=1S/C3H6O6S/c1-3(6,2(4)5)10(7,8)9/h6H,1H3,(H,4,5)(H,7,8,9)/t3-/m0/s1. The van der Waals surface area contributed by atoms with Crippen LogP contribution in [0.4, 0.5) is 0 Å². The normalized spacial score (nSPS) is 17.9. The van der Waals surface area contributed by atoms with Crippen LogP contribution in [0.1, 0.15) is 6.92 Å². The number of rotatable bonds is 2. The van der Waals surface area contributed by atoms with Gasteiger partial charge in [0.25, 0.3) is 4.93 Å². The molecule has 0 rings (SSSR count). The Kier molecular flexibility index (Phi) is 2.04. The van der Waals surface area contributed by atoms with E-state index in [0.29, 0.717) is 6.92 Å². The Labute approximate surface area is 56.8 Å². The highest BCUT2D eigenvalue weighted by Gasteiger charge is 2.43. The second-order valence-corrected chi connectivity index (χ2v) is 3.51. The van der Waals surface area contributed by atoms with E-state index in [2.05, 4.69) is 0 Å². The molecule has 0 unspecified atom stereocenters. The molecule has 0 aliphatic heterocycles. The zero-order valence-electron chi connectivity index (χ0n) is 4.97. The summed E-state index contributed by atoms with van der Waals surface area (Å²) in [6, 6.07) is 0. The van der Waals surface area contributed by atoms with Crippen LogP contribution in [0.25, 0.3) is 0 Å². The molecule has 7 heteroatoms. The molecule has 0 saturated heterocycles. The van der Waals surface area contributed by atoms with Gasteiger partial charge in [-0.1, -0.05) is 0 Å². The van der Waals surface area contributed by atoms with Crippen LogP contribution in [0, 0.1) is 0 Å². The molecule has 10 heavy (non-hydrogen) atoms. The number of hydrogen-bond donors (Lipinski definition) is 3. The Balaban J connectivity index is 4.95. The van der Waals surface area contributed by atoms with Gasteiger partial charge in [-0.3, -0.25) is 4.55 Å². The van der Waals surface area contributed by atoms with Gasteiger partial charge in [-0.05, 0) is 6.92 Å². The molecule has 0 aliphatic rings. The first-order chi connectivity index (χ1) is 4.19. The summed E-state index contributed by atoms with van der Waals surface area (Å²) in [6.07, 6.45) is 0. The average molecular weight is 170 g/mol. The smallest absolute Gasteiger partial charge is 0.354 e. The van der Waals surface area contributed by atoms with Crippen LogP contribution >= 0.6 is 0 Å². The Morgan fingerprint density at radius 3 is 1.80 bits per heavy atom. The van der Waals surface area contributed by atoms with Gasteiger partial charge in [0.2, 0.25) is 0 Å². The SMILES string of the molecule is C[C@@](O)(C(=O)O)S(=O)(=O)O. The number of aliphatic carboxylic acids is 1. The lowest BCUT2D eigenvalue weighted by Gasteiger charge is -2.12. The predicted molar refractivity (Wildman–Crippen MR) is 29.8 cm³/mol. The number of carboxylic acid groups (broad SMARTS) is 1. The van der Waals surface area contributed by atoms with Crippen molar-refractivity contribution < 1.29 is 28.0 Å². The van der Waals surface area contributed by atoms with Crippen LogP contribution in [0.3, 0.4) is 0 Å². The molecular weight excluding hydrogens is 164 g/mol. The van der Waals surface area contributed by atoms with Crippen molar-refractivity contribution in [2.45, 2.75) is 11.9 Å². The Morgan fingerprint density at radius 1 is 1.50 bits per heavy atom. The van der Waals surface area contributed by atoms with Gasteiger partial charge in [-0.15, -0.1) is 0 Å². The van der Waals surface area contributed by atoms with Crippen molar-refractivity contribution in [3.8, 4) is 0 Å². The molecule has 0 heterocycles. The Hall–Kier alpha value is -0.660. The van der Waals surface area contributed by atoms with Gasteiger partial charge in [0.1, 0.15) is 0 Å². The first kappa shape index (κ1) is 9.34. The molecule has 0 radical (unpaired) electrons. The van der Waals surface area contributed by atoms with E-state index in [-0.39, 0.29) is 0 Å². The lowest BCUT2D eigenvalue weighted by Crippen LogP contribution is -2.42. The first-order valence-electron chi connectivity index (χ1n) is 2.12. The third-order valence-corrected chi connectivity index (χ3v) is 2.08. The minimum Gasteiger partial charge on any atom is -0.478 e. The highest BCUT2D eigenvalue weighted by molar-refractivity contribution is 7.87. The molecule has 1 atom stereocenters. The van der Waals surface area contributed by atoms with Crippen LogP contribution in [0.5, 0.6) is 0 Å². The molecule has 60 valence electrons. The molecule has 0 bridgehead atoms. The molecule has 0 saturated carbocycles. The fraction of sp³-hybridized carbons (Fsp3) is 0.667. The molecule has 0 aromatic heterocycles. The van der Waals surface area contributed by atoms with Crippen LogP contribution in [-0.2, 0) is 14.9 Å². The number of hydrogen-bond acceptors (Lipinski definition) is 4. The maximum atomic E-state index is 10.0. The van der Waals surface area contributed by atoms with Crippen molar-refractivity contribution in [3.63, 3.8) is 0 Å². The highest BCUT2D eigenvalue weighted by atomic mass is 32.2. The molecule has 0 spiro atoms. The van der Waals surface area contributed by atoms with Gasteiger partial charge in [-0.2, -0.15) is 8.42 Å². The average Bonchev–Trinajstić information content (AvgIpc) is 1.62. The molecule has 0 fully saturated rings. The molecule has 0 amide bonds. The van der Waals surface area contributed by atoms with Gasteiger partial charge < -0.3 is 10.2 Å². The van der Waals surface area contributed by atoms with E-state index in [0.717, 1.165) is 0 Å². The second-order valence-electron chi connectivity index (χ2n) is 1.76. The maximum absolute atomic E-state index is 10.0. The predicted octanol–water partition coefficient (Wildman–Crippen LogP) is -1.33. The molecule has 0 aromatic rings. The summed E-state index contributed by atoms with van der Waals surface area (Å²) in [5.41, 5.74) is 0. The van der Waals surface area contributed by atoms with Crippen molar-refractivity contribution in [3.05, 3.63) is 0 Å². The van der Waals surface area contributed by atoms with Gasteiger partial charge in [0, 0.05) is 0 Å². The topological polar surface area (TPSA) is 112 Å². The molecule has 3 N–H and O–H groups in total. The fourth-order valence-corrected chi connectivity index (χ4v) is 0.331. The van der Waals surface area contributed by atoms with E-state index in [1.807, 2.05) is 0 Å². The number of aliphatic hydroxyl groups is 1. The van der Waals surface area contributed by atoms with Crippen molar-refractivity contribution in [1.82, 2.24) is 0 Å². The third kappa shape index (κ3) is 1.43. The quantitative estimate of drug-likeness (QED) is 0.442. The van der Waals surface area contributed by atoms with Crippen molar-refractivity contribution >= 4 is 16.1 Å². The van der Waals surface area contributed by atoms with E-state index < -0.39 is 21.0 Å². The Bertz CT molecular complexity index is 236. The van der Waals surface area contributed by atoms with Crippen LogP contribution < -0.4 is 0 Å². The fourth-order valence-electron chi connectivity index (χ4n) is 0.110. The van der Waals surface area contributed by atoms with Gasteiger partial charge in [0.15, 0.2) is 0 Å².